The van der Waals surface area contributed by atoms with Gasteiger partial charge in [0.2, 0.25) is 0 Å². The Balaban J connectivity index is 3.38. The third-order valence-electron chi connectivity index (χ3n) is 1.59. The summed E-state index contributed by atoms with van der Waals surface area (Å²) in [4.78, 5) is 0. The summed E-state index contributed by atoms with van der Waals surface area (Å²) >= 11 is 5.58. The summed E-state index contributed by atoms with van der Waals surface area (Å²) in [6.07, 6.45) is 1.31. The Morgan fingerprint density at radius 3 is 2.27 bits per heavy atom. The Morgan fingerprint density at radius 1 is 1.36 bits per heavy atom. The number of hydrogen-bond acceptors (Lipinski definition) is 1. The number of halogens is 1. The fraction of sp³-hybridized carbons (Fsp3) is 1.00. The zero-order chi connectivity index (χ0) is 8.91. The second kappa shape index (κ2) is 5.47. The van der Waals surface area contributed by atoms with Gasteiger partial charge >= 0.3 is 0 Å². The van der Waals surface area contributed by atoms with Crippen LogP contribution >= 0.6 is 27.7 Å². The van der Waals surface area contributed by atoms with Crippen molar-refractivity contribution in [3.05, 3.63) is 0 Å². The zero-order valence-electron chi connectivity index (χ0n) is 7.98. The monoisotopic (exact) mass is 238 g/mol. The lowest BCUT2D eigenvalue weighted by Crippen LogP contribution is -2.14. The predicted octanol–water partition coefficient (Wildman–Crippen LogP) is 3.94. The second-order valence-corrected chi connectivity index (χ2v) is 6.21. The molecule has 0 fully saturated rings. The van der Waals surface area contributed by atoms with Crippen molar-refractivity contribution < 1.29 is 0 Å². The largest absolute Gasteiger partial charge is 0.159 e. The molecule has 0 spiro atoms. The van der Waals surface area contributed by atoms with Crippen LogP contribution in [0.5, 0.6) is 0 Å². The van der Waals surface area contributed by atoms with Crippen molar-refractivity contribution in [2.24, 2.45) is 5.41 Å². The first kappa shape index (κ1) is 11.8. The summed E-state index contributed by atoms with van der Waals surface area (Å²) in [5.41, 5.74) is 0.474. The van der Waals surface area contributed by atoms with E-state index in [0.717, 1.165) is 10.6 Å². The van der Waals surface area contributed by atoms with Gasteiger partial charge in [-0.05, 0) is 22.8 Å². The average Bonchev–Trinajstić information content (AvgIpc) is 1.87. The van der Waals surface area contributed by atoms with Gasteiger partial charge in [0.15, 0.2) is 0 Å². The van der Waals surface area contributed by atoms with E-state index in [1.807, 2.05) is 0 Å². The molecule has 0 amide bonds. The number of hydrogen-bond donors (Lipinski definition) is 0. The van der Waals surface area contributed by atoms with Crippen LogP contribution in [0.2, 0.25) is 0 Å². The molecule has 0 heterocycles. The van der Waals surface area contributed by atoms with Crippen molar-refractivity contribution in [2.45, 2.75) is 39.4 Å². The zero-order valence-corrected chi connectivity index (χ0v) is 10.4. The van der Waals surface area contributed by atoms with Gasteiger partial charge in [-0.1, -0.05) is 43.6 Å². The van der Waals surface area contributed by atoms with Crippen molar-refractivity contribution in [3.8, 4) is 0 Å². The first-order chi connectivity index (χ1) is 4.98. The molecule has 0 atom stereocenters. The van der Waals surface area contributed by atoms with Crippen LogP contribution < -0.4 is 0 Å². The van der Waals surface area contributed by atoms with Gasteiger partial charge in [0.1, 0.15) is 0 Å². The van der Waals surface area contributed by atoms with Gasteiger partial charge in [0, 0.05) is 5.33 Å². The highest BCUT2D eigenvalue weighted by Gasteiger charge is 2.15. The van der Waals surface area contributed by atoms with Crippen LogP contribution in [0, 0.1) is 5.41 Å². The van der Waals surface area contributed by atoms with Gasteiger partial charge in [0.25, 0.3) is 0 Å². The predicted molar refractivity (Wildman–Crippen MR) is 59.8 cm³/mol. The summed E-state index contributed by atoms with van der Waals surface area (Å²) in [6.45, 7) is 9.13. The number of alkyl halides is 1. The molecule has 68 valence electrons. The molecule has 2 heteroatoms. The van der Waals surface area contributed by atoms with Crippen molar-refractivity contribution >= 4 is 27.7 Å². The lowest BCUT2D eigenvalue weighted by Gasteiger charge is -2.21. The van der Waals surface area contributed by atoms with E-state index in [1.165, 1.54) is 12.2 Å². The Bertz CT molecular complexity index is 99.7. The molecular weight excluding hydrogens is 220 g/mol. The minimum atomic E-state index is 0.474. The van der Waals surface area contributed by atoms with Gasteiger partial charge in [-0.25, -0.2) is 0 Å². The van der Waals surface area contributed by atoms with Crippen molar-refractivity contribution in [2.75, 3.05) is 11.1 Å². The van der Waals surface area contributed by atoms with Crippen LogP contribution in [0.3, 0.4) is 0 Å². The number of thioether (sulfide) groups is 1. The van der Waals surface area contributed by atoms with Gasteiger partial charge < -0.3 is 0 Å². The van der Waals surface area contributed by atoms with E-state index in [0.29, 0.717) is 5.41 Å². The van der Waals surface area contributed by atoms with Crippen molar-refractivity contribution in [3.63, 3.8) is 0 Å². The van der Waals surface area contributed by atoms with Crippen LogP contribution in [-0.2, 0) is 0 Å². The normalized spacial score (nSPS) is 12.5. The lowest BCUT2D eigenvalue weighted by atomic mass is 9.93. The molecule has 0 unspecified atom stereocenters. The van der Waals surface area contributed by atoms with E-state index in [9.17, 15) is 0 Å². The van der Waals surface area contributed by atoms with E-state index >= 15 is 0 Å². The van der Waals surface area contributed by atoms with E-state index in [2.05, 4.69) is 55.4 Å². The Hall–Kier alpha value is 0.830. The molecule has 0 bridgehead atoms. The van der Waals surface area contributed by atoms with Crippen LogP contribution in [-0.4, -0.2) is 16.3 Å². The SMILES string of the molecule is CC(C)SCCC(C)(C)CBr. The number of rotatable bonds is 5. The standard InChI is InChI=1S/C9H19BrS/c1-8(2)11-6-5-9(3,4)7-10/h8H,5-7H2,1-4H3. The van der Waals surface area contributed by atoms with E-state index in [4.69, 9.17) is 0 Å². The molecule has 0 aromatic heterocycles. The van der Waals surface area contributed by atoms with Crippen LogP contribution in [0.15, 0.2) is 0 Å². The molecule has 0 aliphatic carbocycles. The van der Waals surface area contributed by atoms with Crippen LogP contribution in [0.4, 0.5) is 0 Å². The third-order valence-corrected chi connectivity index (χ3v) is 4.22. The molecule has 0 radical (unpaired) electrons. The molecular formula is C9H19BrS. The molecule has 0 aliphatic heterocycles. The molecule has 0 aliphatic rings. The fourth-order valence-corrected chi connectivity index (χ4v) is 2.06. The van der Waals surface area contributed by atoms with E-state index in [1.54, 1.807) is 0 Å². The van der Waals surface area contributed by atoms with E-state index in [-0.39, 0.29) is 0 Å². The first-order valence-corrected chi connectivity index (χ1v) is 6.32. The Labute approximate surface area is 83.6 Å². The Kier molecular flexibility index (Phi) is 5.88. The van der Waals surface area contributed by atoms with Crippen molar-refractivity contribution in [1.82, 2.24) is 0 Å². The maximum atomic E-state index is 3.53. The average molecular weight is 239 g/mol. The molecule has 0 nitrogen and oxygen atoms in total. The highest BCUT2D eigenvalue weighted by molar-refractivity contribution is 9.09. The molecule has 11 heavy (non-hydrogen) atoms. The Morgan fingerprint density at radius 2 is 1.91 bits per heavy atom. The molecule has 0 saturated carbocycles. The molecule has 0 N–H and O–H groups in total. The molecule has 0 aromatic rings. The van der Waals surface area contributed by atoms with Crippen LogP contribution in [0.25, 0.3) is 0 Å². The quantitative estimate of drug-likeness (QED) is 0.655. The fourth-order valence-electron chi connectivity index (χ4n) is 0.638. The highest BCUT2D eigenvalue weighted by Crippen LogP contribution is 2.25. The summed E-state index contributed by atoms with van der Waals surface area (Å²) in [5.74, 6) is 1.29. The topological polar surface area (TPSA) is 0 Å². The first-order valence-electron chi connectivity index (χ1n) is 4.15. The maximum absolute atomic E-state index is 3.53. The summed E-state index contributed by atoms with van der Waals surface area (Å²) in [7, 11) is 0. The summed E-state index contributed by atoms with van der Waals surface area (Å²) in [5, 5.41) is 1.89. The molecule has 0 rings (SSSR count). The minimum absolute atomic E-state index is 0.474. The van der Waals surface area contributed by atoms with Crippen molar-refractivity contribution in [1.29, 1.82) is 0 Å². The minimum Gasteiger partial charge on any atom is -0.159 e. The van der Waals surface area contributed by atoms with Gasteiger partial charge in [-0.2, -0.15) is 11.8 Å². The summed E-state index contributed by atoms with van der Waals surface area (Å²) < 4.78 is 0. The smallest absolute Gasteiger partial charge is 0.00829 e. The van der Waals surface area contributed by atoms with Gasteiger partial charge in [-0.3, -0.25) is 0 Å². The van der Waals surface area contributed by atoms with Crippen LogP contribution in [0.1, 0.15) is 34.1 Å². The van der Waals surface area contributed by atoms with Gasteiger partial charge in [-0.15, -0.1) is 0 Å². The second-order valence-electron chi connectivity index (χ2n) is 3.97. The molecule has 0 saturated heterocycles. The highest BCUT2D eigenvalue weighted by atomic mass is 79.9. The third kappa shape index (κ3) is 7.20. The molecule has 0 aromatic carbocycles. The van der Waals surface area contributed by atoms with Gasteiger partial charge in [0.05, 0.1) is 0 Å². The maximum Gasteiger partial charge on any atom is 0.00829 e. The lowest BCUT2D eigenvalue weighted by molar-refractivity contribution is 0.415. The van der Waals surface area contributed by atoms with E-state index < -0.39 is 0 Å². The summed E-state index contributed by atoms with van der Waals surface area (Å²) in [6, 6.07) is 0.